The molecule has 8 heteroatoms. The van der Waals surface area contributed by atoms with Crippen LogP contribution in [0, 0.1) is 10.1 Å². The highest BCUT2D eigenvalue weighted by Crippen LogP contribution is 2.28. The van der Waals surface area contributed by atoms with Crippen LogP contribution in [0.25, 0.3) is 6.08 Å². The Morgan fingerprint density at radius 3 is 2.68 bits per heavy atom. The van der Waals surface area contributed by atoms with Gasteiger partial charge in [0.15, 0.2) is 11.5 Å². The number of aromatic carboxylic acids is 1. The van der Waals surface area contributed by atoms with Crippen molar-refractivity contribution >= 4 is 17.9 Å². The van der Waals surface area contributed by atoms with Gasteiger partial charge < -0.3 is 19.0 Å². The number of nitro groups is 1. The fourth-order valence-electron chi connectivity index (χ4n) is 1.60. The van der Waals surface area contributed by atoms with E-state index in [4.69, 9.17) is 19.0 Å². The van der Waals surface area contributed by atoms with Gasteiger partial charge in [-0.1, -0.05) is 0 Å². The largest absolute Gasteiger partial charge is 0.493 e. The van der Waals surface area contributed by atoms with Crippen LogP contribution >= 0.6 is 0 Å². The van der Waals surface area contributed by atoms with Gasteiger partial charge in [0.2, 0.25) is 0 Å². The van der Waals surface area contributed by atoms with Gasteiger partial charge in [-0.3, -0.25) is 10.1 Å². The van der Waals surface area contributed by atoms with E-state index in [-0.39, 0.29) is 23.0 Å². The van der Waals surface area contributed by atoms with Gasteiger partial charge in [0, 0.05) is 6.08 Å². The molecule has 8 nitrogen and oxygen atoms in total. The third kappa shape index (κ3) is 3.42. The molecule has 0 bridgehead atoms. The van der Waals surface area contributed by atoms with Crippen molar-refractivity contribution in [1.82, 2.24) is 0 Å². The third-order valence-electron chi connectivity index (χ3n) is 2.63. The molecule has 1 heterocycles. The molecule has 0 fully saturated rings. The highest BCUT2D eigenvalue weighted by atomic mass is 16.6. The summed E-state index contributed by atoms with van der Waals surface area (Å²) in [5, 5.41) is 19.4. The van der Waals surface area contributed by atoms with Crippen LogP contribution in [0.5, 0.6) is 11.5 Å². The molecule has 1 aromatic carbocycles. The summed E-state index contributed by atoms with van der Waals surface area (Å²) in [6.07, 6.45) is 2.64. The average Bonchev–Trinajstić information content (AvgIpc) is 2.96. The number of hydrogen-bond acceptors (Lipinski definition) is 6. The number of ether oxygens (including phenoxy) is 2. The molecule has 114 valence electrons. The van der Waals surface area contributed by atoms with Crippen molar-refractivity contribution in [2.45, 2.75) is 0 Å². The summed E-state index contributed by atoms with van der Waals surface area (Å²) in [6.45, 7) is 0. The van der Waals surface area contributed by atoms with Crippen molar-refractivity contribution in [2.24, 2.45) is 0 Å². The lowest BCUT2D eigenvalue weighted by atomic mass is 10.2. The Bertz CT molecular complexity index is 733. The van der Waals surface area contributed by atoms with Gasteiger partial charge in [-0.2, -0.15) is 0 Å². The second-order valence-electron chi connectivity index (χ2n) is 4.02. The minimum Gasteiger partial charge on any atom is -0.493 e. The Kier molecular flexibility index (Phi) is 4.42. The fraction of sp³-hybridized carbons (Fsp3) is 0.0714. The van der Waals surface area contributed by atoms with E-state index in [1.54, 1.807) is 0 Å². The highest BCUT2D eigenvalue weighted by molar-refractivity contribution is 5.88. The molecule has 0 aliphatic carbocycles. The first-order chi connectivity index (χ1) is 10.5. The molecule has 1 aromatic heterocycles. The molecular formula is C14H11NO7. The van der Waals surface area contributed by atoms with E-state index >= 15 is 0 Å². The molecule has 0 saturated carbocycles. The smallest absolute Gasteiger partial charge is 0.433 e. The minimum absolute atomic E-state index is 0.0647. The zero-order valence-electron chi connectivity index (χ0n) is 11.4. The number of methoxy groups -OCH3 is 1. The Morgan fingerprint density at radius 1 is 1.32 bits per heavy atom. The first kappa shape index (κ1) is 15.1. The van der Waals surface area contributed by atoms with Crippen molar-refractivity contribution in [3.8, 4) is 11.5 Å². The van der Waals surface area contributed by atoms with E-state index in [0.29, 0.717) is 5.75 Å². The van der Waals surface area contributed by atoms with Crippen molar-refractivity contribution in [3.63, 3.8) is 0 Å². The van der Waals surface area contributed by atoms with E-state index < -0.39 is 10.9 Å². The number of carboxylic acid groups (broad SMARTS) is 1. The van der Waals surface area contributed by atoms with E-state index in [0.717, 1.165) is 0 Å². The third-order valence-corrected chi connectivity index (χ3v) is 2.63. The summed E-state index contributed by atoms with van der Waals surface area (Å²) in [4.78, 5) is 20.7. The van der Waals surface area contributed by atoms with Crippen LogP contribution in [0.3, 0.4) is 0 Å². The predicted octanol–water partition coefficient (Wildman–Crippen LogP) is 2.94. The van der Waals surface area contributed by atoms with Crippen LogP contribution in [0.4, 0.5) is 5.88 Å². The molecule has 2 aromatic rings. The Labute approximate surface area is 124 Å². The lowest BCUT2D eigenvalue weighted by molar-refractivity contribution is -0.402. The molecule has 2 rings (SSSR count). The second-order valence-corrected chi connectivity index (χ2v) is 4.02. The molecule has 0 saturated heterocycles. The molecule has 0 unspecified atom stereocenters. The molecule has 22 heavy (non-hydrogen) atoms. The summed E-state index contributed by atoms with van der Waals surface area (Å²) in [5.41, 5.74) is 0.0647. The summed E-state index contributed by atoms with van der Waals surface area (Å²) >= 11 is 0. The van der Waals surface area contributed by atoms with Gasteiger partial charge in [0.25, 0.3) is 0 Å². The van der Waals surface area contributed by atoms with Crippen LogP contribution in [0.2, 0.25) is 0 Å². The predicted molar refractivity (Wildman–Crippen MR) is 75.0 cm³/mol. The summed E-state index contributed by atoms with van der Waals surface area (Å²) in [5.74, 6) is -0.668. The summed E-state index contributed by atoms with van der Waals surface area (Å²) in [6, 6.07) is 6.77. The number of carbonyl (C=O) groups is 1. The van der Waals surface area contributed by atoms with Crippen molar-refractivity contribution in [1.29, 1.82) is 0 Å². The van der Waals surface area contributed by atoms with Gasteiger partial charge >= 0.3 is 11.9 Å². The molecule has 0 aliphatic heterocycles. The lowest BCUT2D eigenvalue weighted by Crippen LogP contribution is -1.98. The Morgan fingerprint density at radius 2 is 2.09 bits per heavy atom. The van der Waals surface area contributed by atoms with E-state index in [2.05, 4.69) is 0 Å². The fourth-order valence-corrected chi connectivity index (χ4v) is 1.60. The van der Waals surface area contributed by atoms with E-state index in [1.165, 1.54) is 49.8 Å². The maximum Gasteiger partial charge on any atom is 0.433 e. The number of furan rings is 1. The van der Waals surface area contributed by atoms with Crippen LogP contribution in [-0.2, 0) is 0 Å². The van der Waals surface area contributed by atoms with Gasteiger partial charge in [0.1, 0.15) is 10.7 Å². The van der Waals surface area contributed by atoms with Crippen LogP contribution in [-0.4, -0.2) is 23.1 Å². The first-order valence-corrected chi connectivity index (χ1v) is 6.00. The standard InChI is InChI=1S/C14H11NO7/c1-20-12-8-9(14(16)17)2-4-11(12)21-7-6-10-3-5-13(22-10)15(18)19/h2-8H,1H3,(H,16,17)/b7-6+. The summed E-state index contributed by atoms with van der Waals surface area (Å²) in [7, 11) is 1.38. The topological polar surface area (TPSA) is 112 Å². The molecule has 0 atom stereocenters. The normalized spacial score (nSPS) is 10.6. The van der Waals surface area contributed by atoms with E-state index in [9.17, 15) is 14.9 Å². The molecule has 1 N–H and O–H groups in total. The van der Waals surface area contributed by atoms with Crippen LogP contribution in [0.15, 0.2) is 41.0 Å². The lowest BCUT2D eigenvalue weighted by Gasteiger charge is -2.07. The SMILES string of the molecule is COc1cc(C(=O)O)ccc1O/C=C/c1ccc([N+](=O)[O-])o1. The van der Waals surface area contributed by atoms with Gasteiger partial charge in [-0.15, -0.1) is 0 Å². The zero-order valence-corrected chi connectivity index (χ0v) is 11.4. The molecular weight excluding hydrogens is 294 g/mol. The zero-order chi connectivity index (χ0) is 16.1. The van der Waals surface area contributed by atoms with E-state index in [1.807, 2.05) is 0 Å². The second kappa shape index (κ2) is 6.44. The molecule has 0 radical (unpaired) electrons. The van der Waals surface area contributed by atoms with Crippen LogP contribution < -0.4 is 9.47 Å². The molecule has 0 aliphatic rings. The molecule has 0 spiro atoms. The van der Waals surface area contributed by atoms with Crippen molar-refractivity contribution in [2.75, 3.05) is 7.11 Å². The average molecular weight is 305 g/mol. The maximum atomic E-state index is 10.9. The number of hydrogen-bond donors (Lipinski definition) is 1. The number of rotatable bonds is 6. The highest BCUT2D eigenvalue weighted by Gasteiger charge is 2.11. The Hall–Kier alpha value is -3.29. The van der Waals surface area contributed by atoms with Gasteiger partial charge in [0.05, 0.1) is 25.0 Å². The summed E-state index contributed by atoms with van der Waals surface area (Å²) < 4.78 is 15.3. The first-order valence-electron chi connectivity index (χ1n) is 6.00. The maximum absolute atomic E-state index is 10.9. The van der Waals surface area contributed by atoms with Crippen LogP contribution in [0.1, 0.15) is 16.1 Å². The quantitative estimate of drug-likeness (QED) is 0.496. The van der Waals surface area contributed by atoms with Crippen molar-refractivity contribution in [3.05, 3.63) is 58.0 Å². The van der Waals surface area contributed by atoms with Gasteiger partial charge in [-0.05, 0) is 24.3 Å². The minimum atomic E-state index is -1.08. The Balaban J connectivity index is 2.11. The number of benzene rings is 1. The molecule has 0 amide bonds. The number of carboxylic acids is 1. The number of nitrogens with zero attached hydrogens (tertiary/aromatic N) is 1. The van der Waals surface area contributed by atoms with Crippen molar-refractivity contribution < 1.29 is 28.7 Å². The van der Waals surface area contributed by atoms with Gasteiger partial charge in [-0.25, -0.2) is 4.79 Å². The monoisotopic (exact) mass is 305 g/mol.